The quantitative estimate of drug-likeness (QED) is 0.770. The van der Waals surface area contributed by atoms with Crippen molar-refractivity contribution in [3.8, 4) is 0 Å². The van der Waals surface area contributed by atoms with Gasteiger partial charge in [-0.05, 0) is 13.8 Å². The van der Waals surface area contributed by atoms with Gasteiger partial charge in [-0.2, -0.15) is 0 Å². The average Bonchev–Trinajstić information content (AvgIpc) is 2.85. The van der Waals surface area contributed by atoms with E-state index in [4.69, 9.17) is 9.73 Å². The Kier molecular flexibility index (Phi) is 3.55. The number of aliphatic imine (C=N–C) groups is 1. The van der Waals surface area contributed by atoms with Gasteiger partial charge in [-0.15, -0.1) is 0 Å². The molecule has 0 aromatic carbocycles. The second-order valence-electron chi connectivity index (χ2n) is 6.47. The molecule has 2 aliphatic rings. The molecule has 0 aromatic rings. The van der Waals surface area contributed by atoms with Crippen molar-refractivity contribution >= 4 is 5.90 Å². The van der Waals surface area contributed by atoms with Crippen molar-refractivity contribution in [3.63, 3.8) is 0 Å². The van der Waals surface area contributed by atoms with Crippen molar-refractivity contribution in [3.05, 3.63) is 12.4 Å². The Morgan fingerprint density at radius 3 is 2.61 bits per heavy atom. The highest BCUT2D eigenvalue weighted by Gasteiger charge is 2.29. The summed E-state index contributed by atoms with van der Waals surface area (Å²) in [5.41, 5.74) is 0.0273. The van der Waals surface area contributed by atoms with Gasteiger partial charge in [0.15, 0.2) is 5.90 Å². The largest absolute Gasteiger partial charge is 0.478 e. The zero-order valence-corrected chi connectivity index (χ0v) is 12.2. The standard InChI is InChI=1S/C14H25N3O/c1-11(2)17-7-6-16(10-17)8-12-9-18-13(15-12)14(3,4)5/h6-7,11-12H,8-10H2,1-5H3/t12-/m1/s1. The van der Waals surface area contributed by atoms with Gasteiger partial charge in [0, 0.05) is 30.4 Å². The van der Waals surface area contributed by atoms with Crippen LogP contribution < -0.4 is 0 Å². The third-order valence-corrected chi connectivity index (χ3v) is 3.28. The third-order valence-electron chi connectivity index (χ3n) is 3.28. The lowest BCUT2D eigenvalue weighted by atomic mass is 9.97. The van der Waals surface area contributed by atoms with Gasteiger partial charge in [-0.3, -0.25) is 0 Å². The second kappa shape index (κ2) is 4.82. The van der Waals surface area contributed by atoms with Crippen molar-refractivity contribution in [2.45, 2.75) is 46.7 Å². The van der Waals surface area contributed by atoms with Crippen molar-refractivity contribution in [1.82, 2.24) is 9.80 Å². The predicted octanol–water partition coefficient (Wildman–Crippen LogP) is 2.28. The van der Waals surface area contributed by atoms with Gasteiger partial charge in [-0.1, -0.05) is 20.8 Å². The maximum absolute atomic E-state index is 5.70. The van der Waals surface area contributed by atoms with Gasteiger partial charge in [0.25, 0.3) is 0 Å². The first-order chi connectivity index (χ1) is 8.36. The Morgan fingerprint density at radius 1 is 1.39 bits per heavy atom. The van der Waals surface area contributed by atoms with Crippen LogP contribution in [-0.2, 0) is 4.74 Å². The molecule has 0 N–H and O–H groups in total. The number of hydrogen-bond acceptors (Lipinski definition) is 4. The van der Waals surface area contributed by atoms with Gasteiger partial charge >= 0.3 is 0 Å². The minimum absolute atomic E-state index is 0.0273. The van der Waals surface area contributed by atoms with Gasteiger partial charge in [0.1, 0.15) is 12.6 Å². The maximum atomic E-state index is 5.70. The van der Waals surface area contributed by atoms with Gasteiger partial charge < -0.3 is 14.5 Å². The number of ether oxygens (including phenoxy) is 1. The van der Waals surface area contributed by atoms with E-state index in [0.717, 1.165) is 25.7 Å². The topological polar surface area (TPSA) is 28.1 Å². The molecule has 2 heterocycles. The molecule has 4 heteroatoms. The first kappa shape index (κ1) is 13.2. The molecule has 0 fully saturated rings. The van der Waals surface area contributed by atoms with Crippen LogP contribution in [0.5, 0.6) is 0 Å². The van der Waals surface area contributed by atoms with Crippen LogP contribution in [0.3, 0.4) is 0 Å². The van der Waals surface area contributed by atoms with Crippen LogP contribution in [0.4, 0.5) is 0 Å². The van der Waals surface area contributed by atoms with Crippen molar-refractivity contribution in [1.29, 1.82) is 0 Å². The molecule has 0 amide bonds. The summed E-state index contributed by atoms with van der Waals surface area (Å²) < 4.78 is 5.70. The Labute approximate surface area is 110 Å². The fraction of sp³-hybridized carbons (Fsp3) is 0.786. The number of hydrogen-bond donors (Lipinski definition) is 0. The third kappa shape index (κ3) is 2.98. The molecule has 0 saturated heterocycles. The molecule has 0 aromatic heterocycles. The van der Waals surface area contributed by atoms with Crippen LogP contribution in [0, 0.1) is 5.41 Å². The SMILES string of the molecule is CC(C)N1C=CN(C[C@@H]2COC(C(C)(C)C)=N2)C1. The highest BCUT2D eigenvalue weighted by Crippen LogP contribution is 2.23. The lowest BCUT2D eigenvalue weighted by Gasteiger charge is -2.25. The van der Waals surface area contributed by atoms with Crippen molar-refractivity contribution in [2.75, 3.05) is 19.8 Å². The van der Waals surface area contributed by atoms with E-state index in [9.17, 15) is 0 Å². The van der Waals surface area contributed by atoms with E-state index >= 15 is 0 Å². The highest BCUT2D eigenvalue weighted by atomic mass is 16.5. The molecule has 18 heavy (non-hydrogen) atoms. The average molecular weight is 251 g/mol. The Hall–Kier alpha value is -1.19. The monoisotopic (exact) mass is 251 g/mol. The molecule has 2 rings (SSSR count). The van der Waals surface area contributed by atoms with E-state index in [1.807, 2.05) is 0 Å². The summed E-state index contributed by atoms with van der Waals surface area (Å²) in [7, 11) is 0. The molecule has 0 radical (unpaired) electrons. The summed E-state index contributed by atoms with van der Waals surface area (Å²) in [5, 5.41) is 0. The normalized spacial score (nSPS) is 23.9. The molecule has 0 spiro atoms. The molecular weight excluding hydrogens is 226 g/mol. The van der Waals surface area contributed by atoms with Crippen LogP contribution in [-0.4, -0.2) is 47.6 Å². The first-order valence-corrected chi connectivity index (χ1v) is 6.75. The summed E-state index contributed by atoms with van der Waals surface area (Å²) in [4.78, 5) is 9.33. The molecule has 0 bridgehead atoms. The highest BCUT2D eigenvalue weighted by molar-refractivity contribution is 5.82. The molecule has 4 nitrogen and oxygen atoms in total. The summed E-state index contributed by atoms with van der Waals surface area (Å²) in [6.45, 7) is 13.5. The van der Waals surface area contributed by atoms with Crippen molar-refractivity contribution < 1.29 is 4.74 Å². The Bertz CT molecular complexity index is 355. The molecule has 0 saturated carbocycles. The molecule has 1 atom stereocenters. The molecule has 0 unspecified atom stereocenters. The summed E-state index contributed by atoms with van der Waals surface area (Å²) >= 11 is 0. The van der Waals surface area contributed by atoms with Crippen LogP contribution in [0.15, 0.2) is 17.4 Å². The van der Waals surface area contributed by atoms with E-state index in [1.165, 1.54) is 0 Å². The first-order valence-electron chi connectivity index (χ1n) is 6.75. The van der Waals surface area contributed by atoms with Crippen molar-refractivity contribution in [2.24, 2.45) is 10.4 Å². The minimum Gasteiger partial charge on any atom is -0.478 e. The number of nitrogens with zero attached hydrogens (tertiary/aromatic N) is 3. The minimum atomic E-state index is 0.0273. The lowest BCUT2D eigenvalue weighted by molar-refractivity contribution is 0.209. The lowest BCUT2D eigenvalue weighted by Crippen LogP contribution is -2.34. The van der Waals surface area contributed by atoms with Crippen LogP contribution in [0.25, 0.3) is 0 Å². The molecule has 0 aliphatic carbocycles. The van der Waals surface area contributed by atoms with E-state index in [0.29, 0.717) is 6.04 Å². The van der Waals surface area contributed by atoms with Crippen LogP contribution in [0.1, 0.15) is 34.6 Å². The molecule has 2 aliphatic heterocycles. The van der Waals surface area contributed by atoms with Gasteiger partial charge in [-0.25, -0.2) is 4.99 Å². The van der Waals surface area contributed by atoms with E-state index in [1.54, 1.807) is 0 Å². The zero-order valence-electron chi connectivity index (χ0n) is 12.2. The summed E-state index contributed by atoms with van der Waals surface area (Å²) in [6, 6.07) is 0.829. The molecule has 102 valence electrons. The second-order valence-corrected chi connectivity index (χ2v) is 6.47. The summed E-state index contributed by atoms with van der Waals surface area (Å²) in [5.74, 6) is 0.899. The Balaban J connectivity index is 1.86. The smallest absolute Gasteiger partial charge is 0.189 e. The summed E-state index contributed by atoms with van der Waals surface area (Å²) in [6.07, 6.45) is 4.32. The maximum Gasteiger partial charge on any atom is 0.189 e. The zero-order chi connectivity index (χ0) is 13.3. The van der Waals surface area contributed by atoms with E-state index < -0.39 is 0 Å². The number of rotatable bonds is 3. The van der Waals surface area contributed by atoms with E-state index in [2.05, 4.69) is 56.8 Å². The fourth-order valence-corrected chi connectivity index (χ4v) is 2.13. The predicted molar refractivity (Wildman–Crippen MR) is 74.3 cm³/mol. The molecular formula is C14H25N3O. The van der Waals surface area contributed by atoms with Gasteiger partial charge in [0.2, 0.25) is 0 Å². The van der Waals surface area contributed by atoms with Crippen LogP contribution >= 0.6 is 0 Å². The van der Waals surface area contributed by atoms with Gasteiger partial charge in [0.05, 0.1) is 6.67 Å². The Morgan fingerprint density at radius 2 is 2.11 bits per heavy atom. The van der Waals surface area contributed by atoms with E-state index in [-0.39, 0.29) is 11.5 Å². The fourth-order valence-electron chi connectivity index (χ4n) is 2.13. The van der Waals surface area contributed by atoms with Crippen LogP contribution in [0.2, 0.25) is 0 Å².